The first kappa shape index (κ1) is 25.5. The van der Waals surface area contributed by atoms with Crippen molar-refractivity contribution < 1.29 is 22.7 Å². The van der Waals surface area contributed by atoms with Crippen LogP contribution in [0.2, 0.25) is 5.02 Å². The van der Waals surface area contributed by atoms with Crippen molar-refractivity contribution in [1.29, 1.82) is 0 Å². The molecular formula is C22H28ClN3O5S. The lowest BCUT2D eigenvalue weighted by Crippen LogP contribution is -2.51. The Bertz CT molecular complexity index is 1060. The number of carbonyl (C=O) groups excluding carboxylic acids is 2. The molecule has 1 N–H and O–H groups in total. The average molecular weight is 482 g/mol. The van der Waals surface area contributed by atoms with Crippen LogP contribution in [0.15, 0.2) is 48.5 Å². The Morgan fingerprint density at radius 2 is 1.75 bits per heavy atom. The fraction of sp³-hybridized carbons (Fsp3) is 0.364. The SMILES string of the molecule is CCNC(=O)C(C)N(Cc1ccccc1Cl)C(=O)CN(c1ccccc1OC)S(C)(=O)=O. The van der Waals surface area contributed by atoms with Crippen LogP contribution in [-0.4, -0.2) is 57.6 Å². The lowest BCUT2D eigenvalue weighted by molar-refractivity contribution is -0.139. The number of para-hydroxylation sites is 2. The Hall–Kier alpha value is -2.78. The monoisotopic (exact) mass is 481 g/mol. The third kappa shape index (κ3) is 6.37. The van der Waals surface area contributed by atoms with Crippen LogP contribution in [0, 0.1) is 0 Å². The van der Waals surface area contributed by atoms with Crippen molar-refractivity contribution in [1.82, 2.24) is 10.2 Å². The van der Waals surface area contributed by atoms with E-state index in [0.717, 1.165) is 10.6 Å². The van der Waals surface area contributed by atoms with E-state index in [1.807, 2.05) is 0 Å². The highest BCUT2D eigenvalue weighted by Gasteiger charge is 2.31. The molecule has 0 heterocycles. The van der Waals surface area contributed by atoms with Crippen LogP contribution in [0.5, 0.6) is 5.75 Å². The highest BCUT2D eigenvalue weighted by Crippen LogP contribution is 2.29. The van der Waals surface area contributed by atoms with Gasteiger partial charge >= 0.3 is 0 Å². The second kappa shape index (κ2) is 11.2. The number of hydrogen-bond acceptors (Lipinski definition) is 5. The maximum Gasteiger partial charge on any atom is 0.244 e. The molecule has 1 atom stereocenters. The summed E-state index contributed by atoms with van der Waals surface area (Å²) >= 11 is 6.27. The molecule has 0 radical (unpaired) electrons. The average Bonchev–Trinajstić information content (AvgIpc) is 2.75. The number of benzene rings is 2. The van der Waals surface area contributed by atoms with E-state index in [2.05, 4.69) is 5.32 Å². The highest BCUT2D eigenvalue weighted by molar-refractivity contribution is 7.92. The molecule has 1 unspecified atom stereocenters. The molecule has 2 aromatic rings. The molecule has 174 valence electrons. The van der Waals surface area contributed by atoms with E-state index >= 15 is 0 Å². The quantitative estimate of drug-likeness (QED) is 0.562. The molecule has 0 saturated carbocycles. The van der Waals surface area contributed by atoms with Gasteiger partial charge in [0.15, 0.2) is 0 Å². The number of nitrogens with zero attached hydrogens (tertiary/aromatic N) is 2. The lowest BCUT2D eigenvalue weighted by atomic mass is 10.1. The Labute approximate surface area is 194 Å². The summed E-state index contributed by atoms with van der Waals surface area (Å²) in [6, 6.07) is 12.6. The molecule has 32 heavy (non-hydrogen) atoms. The summed E-state index contributed by atoms with van der Waals surface area (Å²) in [5, 5.41) is 3.14. The third-order valence-electron chi connectivity index (χ3n) is 4.85. The maximum absolute atomic E-state index is 13.4. The molecular weight excluding hydrogens is 454 g/mol. The predicted octanol–water partition coefficient (Wildman–Crippen LogP) is 2.67. The minimum atomic E-state index is -3.84. The van der Waals surface area contributed by atoms with Gasteiger partial charge in [-0.2, -0.15) is 0 Å². The molecule has 0 aromatic heterocycles. The fourth-order valence-corrected chi connectivity index (χ4v) is 4.19. The van der Waals surface area contributed by atoms with Gasteiger partial charge < -0.3 is 15.0 Å². The minimum absolute atomic E-state index is 0.0420. The summed E-state index contributed by atoms with van der Waals surface area (Å²) in [7, 11) is -2.42. The van der Waals surface area contributed by atoms with Crippen LogP contribution in [0.3, 0.4) is 0 Å². The summed E-state index contributed by atoms with van der Waals surface area (Å²) in [6.07, 6.45) is 1.01. The van der Waals surface area contributed by atoms with Crippen LogP contribution in [-0.2, 0) is 26.2 Å². The van der Waals surface area contributed by atoms with Gasteiger partial charge in [-0.3, -0.25) is 13.9 Å². The summed E-state index contributed by atoms with van der Waals surface area (Å²) in [4.78, 5) is 27.2. The molecule has 10 heteroatoms. The van der Waals surface area contributed by atoms with Crippen LogP contribution in [0.4, 0.5) is 5.69 Å². The smallest absolute Gasteiger partial charge is 0.244 e. The van der Waals surface area contributed by atoms with E-state index in [0.29, 0.717) is 22.9 Å². The third-order valence-corrected chi connectivity index (χ3v) is 6.35. The van der Waals surface area contributed by atoms with Gasteiger partial charge in [0.1, 0.15) is 18.3 Å². The van der Waals surface area contributed by atoms with E-state index in [1.165, 1.54) is 12.0 Å². The van der Waals surface area contributed by atoms with Crippen molar-refractivity contribution in [2.24, 2.45) is 0 Å². The van der Waals surface area contributed by atoms with Crippen LogP contribution in [0.25, 0.3) is 0 Å². The van der Waals surface area contributed by atoms with Crippen molar-refractivity contribution in [2.75, 3.05) is 30.8 Å². The zero-order chi connectivity index (χ0) is 23.9. The van der Waals surface area contributed by atoms with E-state index in [1.54, 1.807) is 62.4 Å². The number of likely N-dealkylation sites (N-methyl/N-ethyl adjacent to an activating group) is 1. The van der Waals surface area contributed by atoms with Crippen LogP contribution >= 0.6 is 11.6 Å². The standard InChI is InChI=1S/C22H28ClN3O5S/c1-5-24-22(28)16(2)25(14-17-10-6-7-11-18(17)23)21(27)15-26(32(4,29)30)19-12-8-9-13-20(19)31-3/h6-13,16H,5,14-15H2,1-4H3,(H,24,28). The number of halogens is 1. The Kier molecular flexibility index (Phi) is 8.91. The van der Waals surface area contributed by atoms with Gasteiger partial charge in [-0.1, -0.05) is 41.9 Å². The number of ether oxygens (including phenoxy) is 1. The highest BCUT2D eigenvalue weighted by atomic mass is 35.5. The molecule has 0 fully saturated rings. The summed E-state index contributed by atoms with van der Waals surface area (Å²) in [5.74, 6) is -0.601. The largest absolute Gasteiger partial charge is 0.495 e. The van der Waals surface area contributed by atoms with Crippen molar-refractivity contribution >= 4 is 39.1 Å². The van der Waals surface area contributed by atoms with Crippen molar-refractivity contribution in [2.45, 2.75) is 26.4 Å². The van der Waals surface area contributed by atoms with Gasteiger partial charge in [0.25, 0.3) is 0 Å². The van der Waals surface area contributed by atoms with Gasteiger partial charge in [0, 0.05) is 18.1 Å². The Morgan fingerprint density at radius 1 is 1.12 bits per heavy atom. The molecule has 2 rings (SSSR count). The Morgan fingerprint density at radius 3 is 2.34 bits per heavy atom. The van der Waals surface area contributed by atoms with E-state index < -0.39 is 28.5 Å². The van der Waals surface area contributed by atoms with Gasteiger partial charge in [0.2, 0.25) is 21.8 Å². The second-order valence-corrected chi connectivity index (χ2v) is 9.44. The van der Waals surface area contributed by atoms with E-state index in [4.69, 9.17) is 16.3 Å². The first-order valence-electron chi connectivity index (χ1n) is 10.0. The normalized spacial score (nSPS) is 12.0. The van der Waals surface area contributed by atoms with Gasteiger partial charge in [-0.15, -0.1) is 0 Å². The van der Waals surface area contributed by atoms with Crippen molar-refractivity contribution in [3.63, 3.8) is 0 Å². The molecule has 2 amide bonds. The second-order valence-electron chi connectivity index (χ2n) is 7.13. The first-order chi connectivity index (χ1) is 15.1. The van der Waals surface area contributed by atoms with E-state index in [9.17, 15) is 18.0 Å². The van der Waals surface area contributed by atoms with Crippen LogP contribution < -0.4 is 14.4 Å². The molecule has 0 aliphatic heterocycles. The predicted molar refractivity (Wildman–Crippen MR) is 125 cm³/mol. The summed E-state index contributed by atoms with van der Waals surface area (Å²) in [5.41, 5.74) is 0.871. The van der Waals surface area contributed by atoms with Gasteiger partial charge in [-0.05, 0) is 37.6 Å². The topological polar surface area (TPSA) is 96.0 Å². The summed E-state index contributed by atoms with van der Waals surface area (Å²) < 4.78 is 31.4. The molecule has 8 nitrogen and oxygen atoms in total. The molecule has 0 saturated heterocycles. The molecule has 0 aliphatic carbocycles. The number of hydrogen-bond donors (Lipinski definition) is 1. The van der Waals surface area contributed by atoms with Crippen molar-refractivity contribution in [3.05, 3.63) is 59.1 Å². The number of anilines is 1. The molecule has 0 spiro atoms. The fourth-order valence-electron chi connectivity index (χ4n) is 3.15. The molecule has 0 bridgehead atoms. The van der Waals surface area contributed by atoms with Gasteiger partial charge in [0.05, 0.1) is 19.1 Å². The number of rotatable bonds is 10. The number of amides is 2. The van der Waals surface area contributed by atoms with E-state index in [-0.39, 0.29) is 18.1 Å². The zero-order valence-corrected chi connectivity index (χ0v) is 20.1. The molecule has 0 aliphatic rings. The minimum Gasteiger partial charge on any atom is -0.495 e. The first-order valence-corrected chi connectivity index (χ1v) is 12.2. The summed E-state index contributed by atoms with van der Waals surface area (Å²) in [6.45, 7) is 3.30. The zero-order valence-electron chi connectivity index (χ0n) is 18.5. The number of nitrogens with one attached hydrogen (secondary N) is 1. The lowest BCUT2D eigenvalue weighted by Gasteiger charge is -2.32. The number of carbonyl (C=O) groups is 2. The van der Waals surface area contributed by atoms with Crippen molar-refractivity contribution in [3.8, 4) is 5.75 Å². The van der Waals surface area contributed by atoms with Crippen LogP contribution in [0.1, 0.15) is 19.4 Å². The Balaban J connectivity index is 2.44. The van der Waals surface area contributed by atoms with Gasteiger partial charge in [-0.25, -0.2) is 8.42 Å². The maximum atomic E-state index is 13.4. The molecule has 2 aromatic carbocycles. The number of sulfonamides is 1. The number of methoxy groups -OCH3 is 1.